The monoisotopic (exact) mass is 158 g/mol. The molecule has 0 aliphatic heterocycles. The van der Waals surface area contributed by atoms with Gasteiger partial charge in [0.2, 0.25) is 0 Å². The standard InChI is InChI=1S/C7H11FN2O/c1-4-5(8)6(10-9-4)7(2,3)11/h11H,1-3H3,(H,9,10). The molecule has 62 valence electrons. The third kappa shape index (κ3) is 1.40. The maximum Gasteiger partial charge on any atom is 0.169 e. The molecule has 1 aromatic rings. The summed E-state index contributed by atoms with van der Waals surface area (Å²) in [7, 11) is 0. The minimum Gasteiger partial charge on any atom is -0.384 e. The van der Waals surface area contributed by atoms with Gasteiger partial charge in [0.05, 0.1) is 5.69 Å². The van der Waals surface area contributed by atoms with E-state index in [9.17, 15) is 9.50 Å². The lowest BCUT2D eigenvalue weighted by Crippen LogP contribution is -2.17. The highest BCUT2D eigenvalue weighted by Crippen LogP contribution is 2.21. The Kier molecular flexibility index (Phi) is 1.72. The summed E-state index contributed by atoms with van der Waals surface area (Å²) in [6, 6.07) is 0. The fourth-order valence-corrected chi connectivity index (χ4v) is 0.821. The van der Waals surface area contributed by atoms with Crippen LogP contribution in [0.4, 0.5) is 4.39 Å². The molecule has 3 nitrogen and oxygen atoms in total. The molecule has 0 aliphatic carbocycles. The summed E-state index contributed by atoms with van der Waals surface area (Å²) in [6.45, 7) is 4.55. The lowest BCUT2D eigenvalue weighted by atomic mass is 10.1. The predicted octanol–water partition coefficient (Wildman–Crippen LogP) is 1.08. The SMILES string of the molecule is Cc1[nH]nc(C(C)(C)O)c1F. The first-order chi connectivity index (χ1) is 4.93. The van der Waals surface area contributed by atoms with Crippen LogP contribution in [-0.4, -0.2) is 15.3 Å². The van der Waals surface area contributed by atoms with E-state index >= 15 is 0 Å². The van der Waals surface area contributed by atoms with E-state index < -0.39 is 11.4 Å². The van der Waals surface area contributed by atoms with Crippen LogP contribution < -0.4 is 0 Å². The van der Waals surface area contributed by atoms with Gasteiger partial charge in [0.25, 0.3) is 0 Å². The molecule has 0 fully saturated rings. The maximum absolute atomic E-state index is 13.0. The van der Waals surface area contributed by atoms with Crippen molar-refractivity contribution in [3.8, 4) is 0 Å². The van der Waals surface area contributed by atoms with Crippen molar-refractivity contribution in [1.29, 1.82) is 0 Å². The highest BCUT2D eigenvalue weighted by Gasteiger charge is 2.24. The number of hydrogen-bond acceptors (Lipinski definition) is 2. The average molecular weight is 158 g/mol. The largest absolute Gasteiger partial charge is 0.384 e. The molecular formula is C7H11FN2O. The van der Waals surface area contributed by atoms with Gasteiger partial charge in [0.1, 0.15) is 11.3 Å². The van der Waals surface area contributed by atoms with Gasteiger partial charge in [-0.05, 0) is 20.8 Å². The van der Waals surface area contributed by atoms with Crippen LogP contribution in [0.15, 0.2) is 0 Å². The van der Waals surface area contributed by atoms with E-state index in [4.69, 9.17) is 0 Å². The summed E-state index contributed by atoms with van der Waals surface area (Å²) in [4.78, 5) is 0. The number of H-pyrrole nitrogens is 1. The quantitative estimate of drug-likeness (QED) is 0.642. The number of halogens is 1. The zero-order valence-electron chi connectivity index (χ0n) is 6.77. The molecule has 2 N–H and O–H groups in total. The third-order valence-corrected chi connectivity index (χ3v) is 1.45. The molecule has 1 heterocycles. The third-order valence-electron chi connectivity index (χ3n) is 1.45. The summed E-state index contributed by atoms with van der Waals surface area (Å²) in [5, 5.41) is 15.5. The number of aromatic amines is 1. The fraction of sp³-hybridized carbons (Fsp3) is 0.571. The molecule has 0 saturated carbocycles. The Morgan fingerprint density at radius 2 is 2.09 bits per heavy atom. The summed E-state index contributed by atoms with van der Waals surface area (Å²) < 4.78 is 13.0. The van der Waals surface area contributed by atoms with Crippen LogP contribution in [0.3, 0.4) is 0 Å². The molecule has 0 aromatic carbocycles. The number of rotatable bonds is 1. The summed E-state index contributed by atoms with van der Waals surface area (Å²) in [6.07, 6.45) is 0. The van der Waals surface area contributed by atoms with Crippen LogP contribution in [0.25, 0.3) is 0 Å². The number of hydrogen-bond donors (Lipinski definition) is 2. The van der Waals surface area contributed by atoms with Gasteiger partial charge in [-0.2, -0.15) is 5.10 Å². The zero-order valence-corrected chi connectivity index (χ0v) is 6.77. The minimum atomic E-state index is -1.21. The van der Waals surface area contributed by atoms with Crippen molar-refractivity contribution >= 4 is 0 Å². The Hall–Kier alpha value is -0.900. The second-order valence-electron chi connectivity index (χ2n) is 3.07. The molecule has 4 heteroatoms. The molecule has 1 rings (SSSR count). The van der Waals surface area contributed by atoms with Crippen LogP contribution in [0, 0.1) is 12.7 Å². The van der Waals surface area contributed by atoms with Crippen LogP contribution in [0.5, 0.6) is 0 Å². The van der Waals surface area contributed by atoms with E-state index in [1.165, 1.54) is 13.8 Å². The number of aliphatic hydroxyl groups is 1. The van der Waals surface area contributed by atoms with Crippen LogP contribution in [0.2, 0.25) is 0 Å². The van der Waals surface area contributed by atoms with E-state index in [1.807, 2.05) is 0 Å². The Morgan fingerprint density at radius 3 is 2.27 bits per heavy atom. The van der Waals surface area contributed by atoms with Crippen LogP contribution in [0.1, 0.15) is 25.2 Å². The van der Waals surface area contributed by atoms with E-state index in [0.29, 0.717) is 5.69 Å². The van der Waals surface area contributed by atoms with Gasteiger partial charge >= 0.3 is 0 Å². The van der Waals surface area contributed by atoms with Crippen molar-refractivity contribution in [3.63, 3.8) is 0 Å². The highest BCUT2D eigenvalue weighted by molar-refractivity contribution is 5.15. The minimum absolute atomic E-state index is 0.0648. The van der Waals surface area contributed by atoms with Crippen molar-refractivity contribution in [1.82, 2.24) is 10.2 Å². The first-order valence-corrected chi connectivity index (χ1v) is 3.36. The van der Waals surface area contributed by atoms with Gasteiger partial charge in [-0.25, -0.2) is 4.39 Å². The zero-order chi connectivity index (χ0) is 8.65. The Bertz CT molecular complexity index is 262. The van der Waals surface area contributed by atoms with Crippen LogP contribution >= 0.6 is 0 Å². The molecule has 1 aromatic heterocycles. The van der Waals surface area contributed by atoms with Gasteiger partial charge in [-0.1, -0.05) is 0 Å². The molecule has 0 amide bonds. The number of nitrogens with zero attached hydrogens (tertiary/aromatic N) is 1. The van der Waals surface area contributed by atoms with E-state index in [-0.39, 0.29) is 5.69 Å². The molecular weight excluding hydrogens is 147 g/mol. The lowest BCUT2D eigenvalue weighted by molar-refractivity contribution is 0.0698. The van der Waals surface area contributed by atoms with Crippen molar-refractivity contribution < 1.29 is 9.50 Å². The smallest absolute Gasteiger partial charge is 0.169 e. The first-order valence-electron chi connectivity index (χ1n) is 3.36. The van der Waals surface area contributed by atoms with E-state index in [2.05, 4.69) is 10.2 Å². The lowest BCUT2D eigenvalue weighted by Gasteiger charge is -2.12. The van der Waals surface area contributed by atoms with E-state index in [0.717, 1.165) is 0 Å². The molecule has 0 radical (unpaired) electrons. The summed E-state index contributed by atoms with van der Waals surface area (Å²) >= 11 is 0. The molecule has 0 spiro atoms. The molecule has 0 saturated heterocycles. The second-order valence-corrected chi connectivity index (χ2v) is 3.07. The number of aromatic nitrogens is 2. The van der Waals surface area contributed by atoms with Gasteiger partial charge in [-0.15, -0.1) is 0 Å². The van der Waals surface area contributed by atoms with Gasteiger partial charge in [0, 0.05) is 0 Å². The predicted molar refractivity (Wildman–Crippen MR) is 38.5 cm³/mol. The summed E-state index contributed by atoms with van der Waals surface area (Å²) in [5.41, 5.74) is -0.799. The highest BCUT2D eigenvalue weighted by atomic mass is 19.1. The Balaban J connectivity index is 3.15. The van der Waals surface area contributed by atoms with Crippen molar-refractivity contribution in [2.24, 2.45) is 0 Å². The van der Waals surface area contributed by atoms with Gasteiger partial charge in [0.15, 0.2) is 5.82 Å². The maximum atomic E-state index is 13.0. The number of nitrogens with one attached hydrogen (secondary N) is 1. The number of aryl methyl sites for hydroxylation is 1. The molecule has 0 aliphatic rings. The first kappa shape index (κ1) is 8.20. The topological polar surface area (TPSA) is 48.9 Å². The van der Waals surface area contributed by atoms with Crippen molar-refractivity contribution in [3.05, 3.63) is 17.2 Å². The average Bonchev–Trinajstić information content (AvgIpc) is 2.11. The molecule has 0 atom stereocenters. The molecule has 11 heavy (non-hydrogen) atoms. The van der Waals surface area contributed by atoms with E-state index in [1.54, 1.807) is 6.92 Å². The van der Waals surface area contributed by atoms with Gasteiger partial charge in [-0.3, -0.25) is 5.10 Å². The Morgan fingerprint density at radius 1 is 1.55 bits per heavy atom. The Labute approximate surface area is 64.2 Å². The fourth-order valence-electron chi connectivity index (χ4n) is 0.821. The second kappa shape index (κ2) is 2.30. The molecule has 0 unspecified atom stereocenters. The normalized spacial score (nSPS) is 12.1. The van der Waals surface area contributed by atoms with Gasteiger partial charge < -0.3 is 5.11 Å². The molecule has 0 bridgehead atoms. The van der Waals surface area contributed by atoms with Crippen LogP contribution in [-0.2, 0) is 5.60 Å². The summed E-state index contributed by atoms with van der Waals surface area (Å²) in [5.74, 6) is -0.461. The van der Waals surface area contributed by atoms with Crippen molar-refractivity contribution in [2.75, 3.05) is 0 Å². The van der Waals surface area contributed by atoms with Crippen molar-refractivity contribution in [2.45, 2.75) is 26.4 Å².